The molecule has 3 aromatic rings. The average Bonchev–Trinajstić information content (AvgIpc) is 3.09. The summed E-state index contributed by atoms with van der Waals surface area (Å²) < 4.78 is 8.08. The van der Waals surface area contributed by atoms with Crippen LogP contribution in [0.4, 0.5) is 6.01 Å². The van der Waals surface area contributed by atoms with Crippen LogP contribution in [0.5, 0.6) is 0 Å². The van der Waals surface area contributed by atoms with Crippen molar-refractivity contribution in [3.05, 3.63) is 58.5 Å². The second kappa shape index (κ2) is 6.23. The fourth-order valence-electron chi connectivity index (χ4n) is 4.80. The zero-order valence-electron chi connectivity index (χ0n) is 15.7. The van der Waals surface area contributed by atoms with Crippen molar-refractivity contribution in [2.75, 3.05) is 38.6 Å². The Morgan fingerprint density at radius 2 is 2.00 bits per heavy atom. The van der Waals surface area contributed by atoms with Gasteiger partial charge in [0.25, 0.3) is 11.6 Å². The van der Waals surface area contributed by atoms with E-state index >= 15 is 0 Å². The van der Waals surface area contributed by atoms with E-state index in [0.717, 1.165) is 42.8 Å². The summed E-state index contributed by atoms with van der Waals surface area (Å²) in [5.74, 6) is 0.722. The van der Waals surface area contributed by atoms with Crippen LogP contribution in [-0.4, -0.2) is 48.2 Å². The standard InChI is InChI=1S/C21H24N4O2/c1-23(2)13-18-15-10-14(17-7-5-9-20(26)25(17)18)11-24(12-15)21-22-16-6-3-4-8-19(16)27-21/h3-9,14-15,18H,10-13H2,1-2H3/t14-,15+,18+/m1/s1. The summed E-state index contributed by atoms with van der Waals surface area (Å²) in [4.78, 5) is 21.8. The number of piperidine rings is 1. The number of aromatic nitrogens is 2. The first kappa shape index (κ1) is 16.6. The fourth-order valence-corrected chi connectivity index (χ4v) is 4.80. The number of benzene rings is 1. The molecule has 3 atom stereocenters. The number of nitrogens with zero attached hydrogens (tertiary/aromatic N) is 4. The molecule has 6 nitrogen and oxygen atoms in total. The average molecular weight is 364 g/mol. The quantitative estimate of drug-likeness (QED) is 0.715. The van der Waals surface area contributed by atoms with Gasteiger partial charge in [-0.2, -0.15) is 4.98 Å². The molecule has 6 heteroatoms. The molecule has 0 saturated carbocycles. The molecule has 2 bridgehead atoms. The molecule has 4 heterocycles. The minimum atomic E-state index is 0.115. The molecule has 5 rings (SSSR count). The number of pyridine rings is 1. The summed E-state index contributed by atoms with van der Waals surface area (Å²) in [7, 11) is 4.14. The molecular weight excluding hydrogens is 340 g/mol. The van der Waals surface area contributed by atoms with Crippen molar-refractivity contribution in [2.24, 2.45) is 5.92 Å². The minimum absolute atomic E-state index is 0.115. The van der Waals surface area contributed by atoms with Crippen LogP contribution in [0.2, 0.25) is 0 Å². The van der Waals surface area contributed by atoms with Gasteiger partial charge in [-0.05, 0) is 44.6 Å². The number of rotatable bonds is 3. The second-order valence-electron chi connectivity index (χ2n) is 8.05. The molecule has 140 valence electrons. The number of oxazole rings is 1. The zero-order chi connectivity index (χ0) is 18.5. The molecule has 0 unspecified atom stereocenters. The summed E-state index contributed by atoms with van der Waals surface area (Å²) in [5, 5.41) is 0. The van der Waals surface area contributed by atoms with Crippen molar-refractivity contribution < 1.29 is 4.42 Å². The second-order valence-corrected chi connectivity index (χ2v) is 8.05. The highest BCUT2D eigenvalue weighted by Gasteiger charge is 2.41. The molecule has 2 aromatic heterocycles. The maximum absolute atomic E-state index is 12.7. The third-order valence-corrected chi connectivity index (χ3v) is 5.90. The number of para-hydroxylation sites is 2. The summed E-state index contributed by atoms with van der Waals surface area (Å²) in [6.07, 6.45) is 1.11. The van der Waals surface area contributed by atoms with E-state index < -0.39 is 0 Å². The van der Waals surface area contributed by atoms with Crippen LogP contribution in [0.15, 0.2) is 51.7 Å². The van der Waals surface area contributed by atoms with Gasteiger partial charge in [-0.1, -0.05) is 18.2 Å². The molecule has 2 aliphatic heterocycles. The van der Waals surface area contributed by atoms with Crippen molar-refractivity contribution in [3.63, 3.8) is 0 Å². The van der Waals surface area contributed by atoms with E-state index in [1.54, 1.807) is 6.07 Å². The summed E-state index contributed by atoms with van der Waals surface area (Å²) >= 11 is 0. The first-order chi connectivity index (χ1) is 13.1. The van der Waals surface area contributed by atoms with Gasteiger partial charge < -0.3 is 18.8 Å². The van der Waals surface area contributed by atoms with Gasteiger partial charge in [-0.15, -0.1) is 0 Å². The summed E-state index contributed by atoms with van der Waals surface area (Å²) in [6, 6.07) is 14.4. The van der Waals surface area contributed by atoms with E-state index in [0.29, 0.717) is 17.9 Å². The van der Waals surface area contributed by atoms with Crippen LogP contribution in [0.1, 0.15) is 24.1 Å². The SMILES string of the molecule is CN(C)C[C@H]1[C@H]2C[C@H](CN(c3nc4ccccc4o3)C2)c2cccc(=O)n21. The first-order valence-electron chi connectivity index (χ1n) is 9.57. The van der Waals surface area contributed by atoms with Crippen molar-refractivity contribution >= 4 is 17.1 Å². The van der Waals surface area contributed by atoms with E-state index in [-0.39, 0.29) is 11.6 Å². The van der Waals surface area contributed by atoms with Crippen LogP contribution < -0.4 is 10.5 Å². The van der Waals surface area contributed by atoms with E-state index in [1.165, 1.54) is 0 Å². The third-order valence-electron chi connectivity index (χ3n) is 5.90. The van der Waals surface area contributed by atoms with Crippen molar-refractivity contribution in [1.29, 1.82) is 0 Å². The molecule has 1 fully saturated rings. The number of hydrogen-bond acceptors (Lipinski definition) is 5. The van der Waals surface area contributed by atoms with Gasteiger partial charge in [-0.3, -0.25) is 4.79 Å². The maximum atomic E-state index is 12.7. The molecule has 0 aliphatic carbocycles. The van der Waals surface area contributed by atoms with Gasteiger partial charge in [0, 0.05) is 37.3 Å². The molecule has 2 aliphatic rings. The highest BCUT2D eigenvalue weighted by molar-refractivity contribution is 5.74. The zero-order valence-corrected chi connectivity index (χ0v) is 15.7. The van der Waals surface area contributed by atoms with E-state index in [1.807, 2.05) is 34.9 Å². The Morgan fingerprint density at radius 3 is 2.81 bits per heavy atom. The molecule has 0 N–H and O–H groups in total. The lowest BCUT2D eigenvalue weighted by Crippen LogP contribution is -2.51. The number of anilines is 1. The third kappa shape index (κ3) is 2.75. The molecule has 0 spiro atoms. The summed E-state index contributed by atoms with van der Waals surface area (Å²) in [6.45, 7) is 2.56. The van der Waals surface area contributed by atoms with Crippen LogP contribution >= 0.6 is 0 Å². The lowest BCUT2D eigenvalue weighted by atomic mass is 9.78. The summed E-state index contributed by atoms with van der Waals surface area (Å²) in [5.41, 5.74) is 2.98. The van der Waals surface area contributed by atoms with Crippen molar-refractivity contribution in [2.45, 2.75) is 18.4 Å². The Labute approximate surface area is 158 Å². The lowest BCUT2D eigenvalue weighted by Gasteiger charge is -2.47. The smallest absolute Gasteiger partial charge is 0.298 e. The van der Waals surface area contributed by atoms with Gasteiger partial charge >= 0.3 is 0 Å². The maximum Gasteiger partial charge on any atom is 0.298 e. The minimum Gasteiger partial charge on any atom is -0.423 e. The Bertz CT molecular complexity index is 1000. The van der Waals surface area contributed by atoms with Gasteiger partial charge in [0.05, 0.1) is 6.04 Å². The predicted molar refractivity (Wildman–Crippen MR) is 105 cm³/mol. The van der Waals surface area contributed by atoms with Crippen LogP contribution in [0.25, 0.3) is 11.1 Å². The van der Waals surface area contributed by atoms with Crippen LogP contribution in [-0.2, 0) is 0 Å². The molecule has 0 radical (unpaired) electrons. The number of fused-ring (bicyclic) bond motifs is 5. The van der Waals surface area contributed by atoms with Crippen molar-refractivity contribution in [1.82, 2.24) is 14.5 Å². The fraction of sp³-hybridized carbons (Fsp3) is 0.429. The molecule has 27 heavy (non-hydrogen) atoms. The number of likely N-dealkylation sites (N-methyl/N-ethyl adjacent to an activating group) is 1. The monoisotopic (exact) mass is 364 g/mol. The Morgan fingerprint density at radius 1 is 1.15 bits per heavy atom. The van der Waals surface area contributed by atoms with E-state index in [9.17, 15) is 4.79 Å². The molecule has 0 amide bonds. The highest BCUT2D eigenvalue weighted by atomic mass is 16.4. The Hall–Kier alpha value is -2.60. The van der Waals surface area contributed by atoms with E-state index in [4.69, 9.17) is 9.40 Å². The van der Waals surface area contributed by atoms with Gasteiger partial charge in [0.2, 0.25) is 0 Å². The molecule has 1 saturated heterocycles. The Balaban J connectivity index is 1.55. The van der Waals surface area contributed by atoms with Gasteiger partial charge in [0.15, 0.2) is 5.58 Å². The van der Waals surface area contributed by atoms with Crippen LogP contribution in [0.3, 0.4) is 0 Å². The highest BCUT2D eigenvalue weighted by Crippen LogP contribution is 2.42. The van der Waals surface area contributed by atoms with Gasteiger partial charge in [0.1, 0.15) is 5.52 Å². The van der Waals surface area contributed by atoms with Crippen molar-refractivity contribution in [3.8, 4) is 0 Å². The predicted octanol–water partition coefficient (Wildman–Crippen LogP) is 2.72. The molecular formula is C21H24N4O2. The largest absolute Gasteiger partial charge is 0.423 e. The lowest BCUT2D eigenvalue weighted by molar-refractivity contribution is 0.172. The molecule has 1 aromatic carbocycles. The van der Waals surface area contributed by atoms with Gasteiger partial charge in [-0.25, -0.2) is 0 Å². The normalized spacial score (nSPS) is 24.4. The Kier molecular flexibility index (Phi) is 3.82. The number of hydrogen-bond donors (Lipinski definition) is 0. The van der Waals surface area contributed by atoms with Crippen LogP contribution in [0, 0.1) is 5.92 Å². The van der Waals surface area contributed by atoms with E-state index in [2.05, 4.69) is 30.0 Å². The topological polar surface area (TPSA) is 54.5 Å². The first-order valence-corrected chi connectivity index (χ1v) is 9.57.